The van der Waals surface area contributed by atoms with Gasteiger partial charge in [-0.3, -0.25) is 4.98 Å². The molecule has 0 aliphatic heterocycles. The van der Waals surface area contributed by atoms with Crippen molar-refractivity contribution in [3.8, 4) is 5.75 Å². The van der Waals surface area contributed by atoms with Crippen LogP contribution in [-0.2, 0) is 11.8 Å². The van der Waals surface area contributed by atoms with Gasteiger partial charge in [-0.2, -0.15) is 13.2 Å². The Bertz CT molecular complexity index is 607. The Kier molecular flexibility index (Phi) is 3.43. The lowest BCUT2D eigenvalue weighted by molar-refractivity contribution is -0.140. The quantitative estimate of drug-likeness (QED) is 0.890. The highest BCUT2D eigenvalue weighted by molar-refractivity contribution is 5.41. The van der Waals surface area contributed by atoms with E-state index in [9.17, 15) is 23.4 Å². The highest BCUT2D eigenvalue weighted by Gasteiger charge is 2.39. The van der Waals surface area contributed by atoms with Gasteiger partial charge >= 0.3 is 6.18 Å². The largest absolute Gasteiger partial charge is 0.508 e. The summed E-state index contributed by atoms with van der Waals surface area (Å²) in [7, 11) is 0. The number of aromatic nitrogens is 1. The number of benzene rings is 1. The molecule has 2 N–H and O–H groups in total. The van der Waals surface area contributed by atoms with Crippen molar-refractivity contribution in [2.75, 3.05) is 0 Å². The van der Waals surface area contributed by atoms with E-state index in [2.05, 4.69) is 4.98 Å². The summed E-state index contributed by atoms with van der Waals surface area (Å²) in [5, 5.41) is 19.7. The van der Waals surface area contributed by atoms with Crippen molar-refractivity contribution in [3.63, 3.8) is 0 Å². The molecule has 0 saturated carbocycles. The molecule has 1 atom stereocenters. The molecule has 0 spiro atoms. The molecule has 0 aliphatic carbocycles. The predicted molar refractivity (Wildman–Crippen MR) is 66.0 cm³/mol. The molecule has 1 aromatic heterocycles. The lowest BCUT2D eigenvalue weighted by atomic mass is 9.86. The Labute approximate surface area is 113 Å². The molecule has 20 heavy (non-hydrogen) atoms. The van der Waals surface area contributed by atoms with Crippen LogP contribution in [0.2, 0.25) is 0 Å². The summed E-state index contributed by atoms with van der Waals surface area (Å²) in [6, 6.07) is 6.15. The first-order valence-electron chi connectivity index (χ1n) is 5.76. The zero-order valence-electron chi connectivity index (χ0n) is 10.5. The number of rotatable bonds is 2. The third-order valence-corrected chi connectivity index (χ3v) is 3.08. The van der Waals surface area contributed by atoms with Crippen LogP contribution in [0.5, 0.6) is 5.75 Å². The highest BCUT2D eigenvalue weighted by Crippen LogP contribution is 2.39. The number of hydrogen-bond acceptors (Lipinski definition) is 3. The summed E-state index contributed by atoms with van der Waals surface area (Å²) in [5.74, 6) is -0.0354. The molecule has 0 bridgehead atoms. The van der Waals surface area contributed by atoms with E-state index in [0.717, 1.165) is 18.5 Å². The van der Waals surface area contributed by atoms with Crippen molar-refractivity contribution in [2.24, 2.45) is 0 Å². The average molecular weight is 283 g/mol. The summed E-state index contributed by atoms with van der Waals surface area (Å²) in [4.78, 5) is 3.66. The maximum absolute atomic E-state index is 13.0. The highest BCUT2D eigenvalue weighted by atomic mass is 19.4. The molecule has 1 heterocycles. The molecule has 0 fully saturated rings. The molecule has 0 radical (unpaired) electrons. The SMILES string of the molecule is CC(O)(c1ccc(O)cc1)c1cnccc1C(F)(F)F. The number of aliphatic hydroxyl groups is 1. The smallest absolute Gasteiger partial charge is 0.416 e. The number of halogens is 3. The van der Waals surface area contributed by atoms with Gasteiger partial charge in [-0.25, -0.2) is 0 Å². The van der Waals surface area contributed by atoms with Gasteiger partial charge in [0.2, 0.25) is 0 Å². The van der Waals surface area contributed by atoms with Crippen LogP contribution in [0.4, 0.5) is 13.2 Å². The minimum absolute atomic E-state index is 0.0354. The predicted octanol–water partition coefficient (Wildman–Crippen LogP) is 3.06. The second-order valence-electron chi connectivity index (χ2n) is 4.54. The summed E-state index contributed by atoms with van der Waals surface area (Å²) < 4.78 is 38.9. The topological polar surface area (TPSA) is 53.4 Å². The van der Waals surface area contributed by atoms with Crippen molar-refractivity contribution >= 4 is 0 Å². The normalized spacial score (nSPS) is 14.8. The lowest BCUT2D eigenvalue weighted by Crippen LogP contribution is -2.27. The van der Waals surface area contributed by atoms with E-state index < -0.39 is 17.3 Å². The Morgan fingerprint density at radius 1 is 1.00 bits per heavy atom. The van der Waals surface area contributed by atoms with E-state index in [-0.39, 0.29) is 16.9 Å². The summed E-state index contributed by atoms with van der Waals surface area (Å²) >= 11 is 0. The number of aromatic hydroxyl groups is 1. The molecule has 2 rings (SSSR count). The van der Waals surface area contributed by atoms with E-state index in [1.54, 1.807) is 0 Å². The molecule has 1 aromatic carbocycles. The fraction of sp³-hybridized carbons (Fsp3) is 0.214. The minimum atomic E-state index is -4.58. The van der Waals surface area contributed by atoms with Gasteiger partial charge in [0.1, 0.15) is 11.4 Å². The van der Waals surface area contributed by atoms with Crippen molar-refractivity contribution < 1.29 is 23.4 Å². The second kappa shape index (κ2) is 4.79. The van der Waals surface area contributed by atoms with Gasteiger partial charge in [0.25, 0.3) is 0 Å². The number of hydrogen-bond donors (Lipinski definition) is 2. The molecule has 1 unspecified atom stereocenters. The molecule has 0 aliphatic rings. The van der Waals surface area contributed by atoms with Crippen LogP contribution in [0.25, 0.3) is 0 Å². The average Bonchev–Trinajstić information content (AvgIpc) is 2.38. The molecular weight excluding hydrogens is 271 g/mol. The zero-order chi connectivity index (χ0) is 15.0. The maximum Gasteiger partial charge on any atom is 0.416 e. The van der Waals surface area contributed by atoms with E-state index in [0.29, 0.717) is 0 Å². The van der Waals surface area contributed by atoms with Gasteiger partial charge in [-0.15, -0.1) is 0 Å². The number of pyridine rings is 1. The third kappa shape index (κ3) is 2.60. The van der Waals surface area contributed by atoms with Gasteiger partial charge < -0.3 is 10.2 Å². The Balaban J connectivity index is 2.57. The molecule has 0 saturated heterocycles. The van der Waals surface area contributed by atoms with Crippen molar-refractivity contribution in [1.82, 2.24) is 4.98 Å². The second-order valence-corrected chi connectivity index (χ2v) is 4.54. The Morgan fingerprint density at radius 3 is 2.15 bits per heavy atom. The van der Waals surface area contributed by atoms with Crippen LogP contribution in [0.3, 0.4) is 0 Å². The van der Waals surface area contributed by atoms with Crippen molar-refractivity contribution in [3.05, 3.63) is 59.4 Å². The van der Waals surface area contributed by atoms with E-state index in [1.165, 1.54) is 31.2 Å². The van der Waals surface area contributed by atoms with Crippen LogP contribution in [0.15, 0.2) is 42.7 Å². The van der Waals surface area contributed by atoms with Crippen LogP contribution in [0, 0.1) is 0 Å². The maximum atomic E-state index is 13.0. The lowest BCUT2D eigenvalue weighted by Gasteiger charge is -2.27. The van der Waals surface area contributed by atoms with E-state index >= 15 is 0 Å². The number of nitrogens with zero attached hydrogens (tertiary/aromatic N) is 1. The van der Waals surface area contributed by atoms with Crippen LogP contribution in [-0.4, -0.2) is 15.2 Å². The fourth-order valence-corrected chi connectivity index (χ4v) is 1.97. The molecule has 2 aromatic rings. The molecule has 3 nitrogen and oxygen atoms in total. The first kappa shape index (κ1) is 14.3. The number of alkyl halides is 3. The Hall–Kier alpha value is -2.08. The van der Waals surface area contributed by atoms with Gasteiger partial charge in [0, 0.05) is 18.0 Å². The number of phenols is 1. The van der Waals surface area contributed by atoms with E-state index in [1.807, 2.05) is 0 Å². The molecule has 6 heteroatoms. The first-order valence-corrected chi connectivity index (χ1v) is 5.76. The summed E-state index contributed by atoms with van der Waals surface area (Å²) in [6.07, 6.45) is -2.56. The molecule has 0 amide bonds. The van der Waals surface area contributed by atoms with Gasteiger partial charge in [-0.1, -0.05) is 12.1 Å². The van der Waals surface area contributed by atoms with E-state index in [4.69, 9.17) is 0 Å². The number of phenolic OH excluding ortho intramolecular Hbond substituents is 1. The van der Waals surface area contributed by atoms with Gasteiger partial charge in [0.15, 0.2) is 0 Å². The first-order chi connectivity index (χ1) is 9.23. The minimum Gasteiger partial charge on any atom is -0.508 e. The van der Waals surface area contributed by atoms with Crippen LogP contribution < -0.4 is 0 Å². The fourth-order valence-electron chi connectivity index (χ4n) is 1.97. The monoisotopic (exact) mass is 283 g/mol. The zero-order valence-corrected chi connectivity index (χ0v) is 10.5. The molecule has 106 valence electrons. The van der Waals surface area contributed by atoms with Gasteiger partial charge in [-0.05, 0) is 30.7 Å². The third-order valence-electron chi connectivity index (χ3n) is 3.08. The standard InChI is InChI=1S/C14H12F3NO2/c1-13(20,9-2-4-10(19)5-3-9)12-8-18-7-6-11(12)14(15,16)17/h2-8,19-20H,1H3. The van der Waals surface area contributed by atoms with Crippen molar-refractivity contribution in [2.45, 2.75) is 18.7 Å². The summed E-state index contributed by atoms with van der Waals surface area (Å²) in [5.41, 5.74) is -2.91. The van der Waals surface area contributed by atoms with Crippen molar-refractivity contribution in [1.29, 1.82) is 0 Å². The van der Waals surface area contributed by atoms with Crippen LogP contribution in [0.1, 0.15) is 23.6 Å². The Morgan fingerprint density at radius 2 is 1.60 bits per heavy atom. The summed E-state index contributed by atoms with van der Waals surface area (Å²) in [6.45, 7) is 1.26. The van der Waals surface area contributed by atoms with Gasteiger partial charge in [0.05, 0.1) is 5.56 Å². The molecular formula is C14H12F3NO2. The van der Waals surface area contributed by atoms with Crippen LogP contribution >= 0.6 is 0 Å².